The molecule has 4 N–H and O–H groups in total. The maximum absolute atomic E-state index is 8.14. The average molecular weight is 215 g/mol. The van der Waals surface area contributed by atoms with Gasteiger partial charge in [0, 0.05) is 5.92 Å². The molecule has 0 spiro atoms. The van der Waals surface area contributed by atoms with Gasteiger partial charge in [0.25, 0.3) is 0 Å². The highest BCUT2D eigenvalue weighted by Crippen LogP contribution is 2.27. The Balaban J connectivity index is 2.23. The fourth-order valence-electron chi connectivity index (χ4n) is 2.14. The minimum absolute atomic E-state index is 0.0282. The monoisotopic (exact) mass is 215 g/mol. The number of rotatable bonds is 1. The standard InChI is InChI=1S/C14H18N2/c1-9-3-6-11(7-4-9)12-8-5-10(2)13(15)14(12)16/h3-6,8,11,13,16H,7,15H2,1-2H3/p+1. The molecule has 0 heterocycles. The van der Waals surface area contributed by atoms with Crippen LogP contribution in [0.3, 0.4) is 0 Å². The van der Waals surface area contributed by atoms with Crippen molar-refractivity contribution >= 4 is 5.71 Å². The first-order valence-electron chi connectivity index (χ1n) is 5.75. The van der Waals surface area contributed by atoms with Crippen LogP contribution in [-0.4, -0.2) is 11.8 Å². The summed E-state index contributed by atoms with van der Waals surface area (Å²) in [4.78, 5) is 0. The maximum Gasteiger partial charge on any atom is 0.148 e. The van der Waals surface area contributed by atoms with Crippen molar-refractivity contribution in [3.8, 4) is 0 Å². The third-order valence-corrected chi connectivity index (χ3v) is 3.42. The Kier molecular flexibility index (Phi) is 2.92. The second-order valence-electron chi connectivity index (χ2n) is 4.65. The van der Waals surface area contributed by atoms with Crippen LogP contribution in [-0.2, 0) is 0 Å². The molecule has 2 aliphatic carbocycles. The summed E-state index contributed by atoms with van der Waals surface area (Å²) < 4.78 is 0. The van der Waals surface area contributed by atoms with E-state index in [-0.39, 0.29) is 6.04 Å². The molecule has 0 aliphatic heterocycles. The number of hydrogen-bond acceptors (Lipinski definition) is 1. The van der Waals surface area contributed by atoms with Crippen LogP contribution >= 0.6 is 0 Å². The van der Waals surface area contributed by atoms with E-state index < -0.39 is 0 Å². The van der Waals surface area contributed by atoms with Crippen LogP contribution in [0, 0.1) is 11.3 Å². The lowest BCUT2D eigenvalue weighted by Gasteiger charge is -2.24. The van der Waals surface area contributed by atoms with Crippen molar-refractivity contribution < 1.29 is 5.73 Å². The van der Waals surface area contributed by atoms with E-state index >= 15 is 0 Å². The SMILES string of the molecule is CC1=CCC(C2=CC=C(C)C([NH3+])C2=N)C=C1. The first-order valence-corrected chi connectivity index (χ1v) is 5.75. The van der Waals surface area contributed by atoms with Crippen LogP contribution in [0.4, 0.5) is 0 Å². The smallest absolute Gasteiger partial charge is 0.148 e. The fourth-order valence-corrected chi connectivity index (χ4v) is 2.14. The zero-order chi connectivity index (χ0) is 11.7. The Morgan fingerprint density at radius 1 is 1.31 bits per heavy atom. The van der Waals surface area contributed by atoms with Crippen LogP contribution in [0.1, 0.15) is 20.3 Å². The predicted octanol–water partition coefficient (Wildman–Crippen LogP) is 2.03. The molecular formula is C14H19N2+. The molecule has 2 heteroatoms. The Bertz CT molecular complexity index is 436. The second-order valence-corrected chi connectivity index (χ2v) is 4.65. The molecule has 2 atom stereocenters. The Morgan fingerprint density at radius 3 is 2.69 bits per heavy atom. The highest BCUT2D eigenvalue weighted by Gasteiger charge is 2.26. The zero-order valence-corrected chi connectivity index (χ0v) is 9.96. The average Bonchev–Trinajstić information content (AvgIpc) is 2.28. The first kappa shape index (κ1) is 11.1. The molecule has 0 amide bonds. The zero-order valence-electron chi connectivity index (χ0n) is 9.96. The lowest BCUT2D eigenvalue weighted by molar-refractivity contribution is -0.382. The van der Waals surface area contributed by atoms with Crippen molar-refractivity contribution in [1.82, 2.24) is 0 Å². The van der Waals surface area contributed by atoms with E-state index in [1.165, 1.54) is 11.1 Å². The molecule has 0 bridgehead atoms. The lowest BCUT2D eigenvalue weighted by atomic mass is 9.81. The van der Waals surface area contributed by atoms with Crippen molar-refractivity contribution in [2.24, 2.45) is 5.92 Å². The van der Waals surface area contributed by atoms with Crippen molar-refractivity contribution in [3.05, 3.63) is 47.1 Å². The van der Waals surface area contributed by atoms with Crippen molar-refractivity contribution in [3.63, 3.8) is 0 Å². The van der Waals surface area contributed by atoms with Gasteiger partial charge in [-0.1, -0.05) is 36.0 Å². The molecule has 0 radical (unpaired) electrons. The quantitative estimate of drug-likeness (QED) is 0.672. The highest BCUT2D eigenvalue weighted by atomic mass is 14.7. The summed E-state index contributed by atoms with van der Waals surface area (Å²) in [6, 6.07) is 0.0282. The Labute approximate surface area is 96.7 Å². The van der Waals surface area contributed by atoms with Gasteiger partial charge < -0.3 is 5.73 Å². The van der Waals surface area contributed by atoms with Crippen LogP contribution < -0.4 is 5.73 Å². The highest BCUT2D eigenvalue weighted by molar-refractivity contribution is 6.04. The van der Waals surface area contributed by atoms with E-state index in [0.717, 1.165) is 12.0 Å². The molecular weight excluding hydrogens is 196 g/mol. The molecule has 2 unspecified atom stereocenters. The van der Waals surface area contributed by atoms with E-state index in [4.69, 9.17) is 5.41 Å². The number of hydrogen-bond donors (Lipinski definition) is 2. The van der Waals surface area contributed by atoms with Crippen molar-refractivity contribution in [2.75, 3.05) is 0 Å². The second kappa shape index (κ2) is 4.22. The summed E-state index contributed by atoms with van der Waals surface area (Å²) >= 11 is 0. The molecule has 0 saturated carbocycles. The third kappa shape index (κ3) is 1.93. The van der Waals surface area contributed by atoms with Crippen molar-refractivity contribution in [2.45, 2.75) is 26.3 Å². The van der Waals surface area contributed by atoms with Gasteiger partial charge in [0.1, 0.15) is 6.04 Å². The van der Waals surface area contributed by atoms with Crippen LogP contribution in [0.15, 0.2) is 47.1 Å². The van der Waals surface area contributed by atoms with Crippen LogP contribution in [0.5, 0.6) is 0 Å². The molecule has 84 valence electrons. The minimum Gasteiger partial charge on any atom is -0.347 e. The molecule has 0 fully saturated rings. The summed E-state index contributed by atoms with van der Waals surface area (Å²) in [5.41, 5.74) is 8.36. The van der Waals surface area contributed by atoms with Crippen molar-refractivity contribution in [1.29, 1.82) is 5.41 Å². The Hall–Kier alpha value is -1.41. The number of nitrogens with one attached hydrogen (secondary N) is 1. The molecule has 0 saturated heterocycles. The van der Waals surface area contributed by atoms with Gasteiger partial charge in [-0.05, 0) is 31.4 Å². The molecule has 0 aromatic rings. The topological polar surface area (TPSA) is 51.5 Å². The van der Waals surface area contributed by atoms with Gasteiger partial charge in [-0.2, -0.15) is 0 Å². The van der Waals surface area contributed by atoms with E-state index in [2.05, 4.69) is 43.0 Å². The number of allylic oxidation sites excluding steroid dienone is 6. The fraction of sp³-hybridized carbons (Fsp3) is 0.357. The molecule has 2 aliphatic rings. The van der Waals surface area contributed by atoms with Gasteiger partial charge in [-0.25, -0.2) is 0 Å². The molecule has 16 heavy (non-hydrogen) atoms. The van der Waals surface area contributed by atoms with Gasteiger partial charge in [0.05, 0.1) is 5.71 Å². The normalized spacial score (nSPS) is 29.7. The van der Waals surface area contributed by atoms with Gasteiger partial charge in [0.2, 0.25) is 0 Å². The van der Waals surface area contributed by atoms with Crippen LogP contribution in [0.2, 0.25) is 0 Å². The largest absolute Gasteiger partial charge is 0.347 e. The molecule has 2 rings (SSSR count). The van der Waals surface area contributed by atoms with Gasteiger partial charge in [-0.3, -0.25) is 5.41 Å². The summed E-state index contributed by atoms with van der Waals surface area (Å²) in [5, 5.41) is 8.14. The molecule has 0 aromatic carbocycles. The molecule has 2 nitrogen and oxygen atoms in total. The van der Waals surface area contributed by atoms with Gasteiger partial charge in [-0.15, -0.1) is 0 Å². The predicted molar refractivity (Wildman–Crippen MR) is 67.2 cm³/mol. The van der Waals surface area contributed by atoms with E-state index in [0.29, 0.717) is 11.6 Å². The first-order chi connectivity index (χ1) is 7.59. The van der Waals surface area contributed by atoms with Crippen LogP contribution in [0.25, 0.3) is 0 Å². The van der Waals surface area contributed by atoms with E-state index in [1.807, 2.05) is 6.92 Å². The van der Waals surface area contributed by atoms with Gasteiger partial charge >= 0.3 is 0 Å². The third-order valence-electron chi connectivity index (χ3n) is 3.42. The molecule has 0 aromatic heterocycles. The van der Waals surface area contributed by atoms with E-state index in [9.17, 15) is 0 Å². The lowest BCUT2D eigenvalue weighted by Crippen LogP contribution is -2.66. The minimum atomic E-state index is 0.0282. The summed E-state index contributed by atoms with van der Waals surface area (Å²) in [5.74, 6) is 0.366. The summed E-state index contributed by atoms with van der Waals surface area (Å²) in [6.07, 6.45) is 11.8. The summed E-state index contributed by atoms with van der Waals surface area (Å²) in [6.45, 7) is 4.15. The van der Waals surface area contributed by atoms with Gasteiger partial charge in [0.15, 0.2) is 0 Å². The summed E-state index contributed by atoms with van der Waals surface area (Å²) in [7, 11) is 0. The Morgan fingerprint density at radius 2 is 2.06 bits per heavy atom. The van der Waals surface area contributed by atoms with E-state index in [1.54, 1.807) is 0 Å². The number of quaternary nitrogens is 1. The maximum atomic E-state index is 8.14.